The van der Waals surface area contributed by atoms with E-state index >= 15 is 0 Å². The van der Waals surface area contributed by atoms with Gasteiger partial charge in [-0.3, -0.25) is 0 Å². The Morgan fingerprint density at radius 1 is 0.868 bits per heavy atom. The van der Waals surface area contributed by atoms with Crippen LogP contribution in [0.1, 0.15) is 72.1 Å². The van der Waals surface area contributed by atoms with Gasteiger partial charge in [0, 0.05) is 23.5 Å². The summed E-state index contributed by atoms with van der Waals surface area (Å²) in [5.74, 6) is 0.817. The molecule has 0 bridgehead atoms. The first kappa shape index (κ1) is 29.2. The molecule has 0 unspecified atom stereocenters. The third kappa shape index (κ3) is 9.19. The molecule has 0 spiro atoms. The molecule has 2 aromatic carbocycles. The molecule has 7 heteroatoms. The van der Waals surface area contributed by atoms with Crippen LogP contribution in [0.5, 0.6) is 11.5 Å². The zero-order chi connectivity index (χ0) is 27.4. The van der Waals surface area contributed by atoms with E-state index in [2.05, 4.69) is 9.97 Å². The van der Waals surface area contributed by atoms with Crippen LogP contribution in [0.3, 0.4) is 0 Å². The fourth-order valence-electron chi connectivity index (χ4n) is 3.94. The van der Waals surface area contributed by atoms with E-state index in [1.807, 2.05) is 31.2 Å². The first-order valence-corrected chi connectivity index (χ1v) is 13.5. The van der Waals surface area contributed by atoms with Gasteiger partial charge in [0.15, 0.2) is 5.82 Å². The van der Waals surface area contributed by atoms with Gasteiger partial charge in [0.1, 0.15) is 11.5 Å². The van der Waals surface area contributed by atoms with Gasteiger partial charge in [-0.05, 0) is 81.5 Å². The molecule has 0 saturated heterocycles. The van der Waals surface area contributed by atoms with Crippen LogP contribution in [0, 0.1) is 0 Å². The van der Waals surface area contributed by atoms with Gasteiger partial charge in [-0.2, -0.15) is 0 Å². The van der Waals surface area contributed by atoms with Crippen molar-refractivity contribution in [2.45, 2.75) is 84.0 Å². The van der Waals surface area contributed by atoms with Gasteiger partial charge in [-0.1, -0.05) is 44.7 Å². The van der Waals surface area contributed by atoms with Gasteiger partial charge in [0.25, 0.3) is 0 Å². The van der Waals surface area contributed by atoms with Crippen molar-refractivity contribution < 1.29 is 23.0 Å². The van der Waals surface area contributed by atoms with Crippen LogP contribution in [0.15, 0.2) is 60.9 Å². The van der Waals surface area contributed by atoms with Crippen molar-refractivity contribution in [1.82, 2.24) is 9.97 Å². The molecule has 0 N–H and O–H groups in total. The maximum atomic E-state index is 14.5. The number of nitrogens with zero attached hydrogens (tertiary/aromatic N) is 2. The number of carbonyl (C=O) groups is 1. The molecule has 0 radical (unpaired) electrons. The molecule has 3 aromatic rings. The lowest BCUT2D eigenvalue weighted by molar-refractivity contribution is -0.147. The van der Waals surface area contributed by atoms with Crippen molar-refractivity contribution in [3.05, 3.63) is 60.9 Å². The van der Waals surface area contributed by atoms with Gasteiger partial charge in [0.05, 0.1) is 12.8 Å². The molecule has 204 valence electrons. The van der Waals surface area contributed by atoms with Crippen molar-refractivity contribution in [3.8, 4) is 34.0 Å². The Morgan fingerprint density at radius 3 is 2.11 bits per heavy atom. The Labute approximate surface area is 224 Å². The Morgan fingerprint density at radius 2 is 1.47 bits per heavy atom. The lowest BCUT2D eigenvalue weighted by Crippen LogP contribution is -2.34. The highest BCUT2D eigenvalue weighted by Gasteiger charge is 2.34. The summed E-state index contributed by atoms with van der Waals surface area (Å²) in [5, 5.41) is 0. The minimum absolute atomic E-state index is 0.142. The van der Waals surface area contributed by atoms with Gasteiger partial charge >= 0.3 is 5.97 Å². The van der Waals surface area contributed by atoms with Crippen molar-refractivity contribution >= 4 is 5.97 Å². The lowest BCUT2D eigenvalue weighted by atomic mass is 10.0. The maximum absolute atomic E-state index is 14.5. The largest absolute Gasteiger partial charge is 0.494 e. The first-order valence-electron chi connectivity index (χ1n) is 13.5. The van der Waals surface area contributed by atoms with Crippen LogP contribution in [-0.4, -0.2) is 34.4 Å². The molecule has 0 amide bonds. The Hall–Kier alpha value is -3.35. The predicted molar refractivity (Wildman–Crippen MR) is 147 cm³/mol. The third-order valence-corrected chi connectivity index (χ3v) is 6.35. The van der Waals surface area contributed by atoms with Gasteiger partial charge in [-0.15, -0.1) is 0 Å². The number of aromatic nitrogens is 2. The summed E-state index contributed by atoms with van der Waals surface area (Å²) in [7, 11) is 0. The van der Waals surface area contributed by atoms with E-state index < -0.39 is 17.8 Å². The molecule has 0 aliphatic rings. The highest BCUT2D eigenvalue weighted by molar-refractivity contribution is 5.81. The van der Waals surface area contributed by atoms with Gasteiger partial charge < -0.3 is 9.47 Å². The number of benzene rings is 2. The van der Waals surface area contributed by atoms with Crippen LogP contribution in [0.2, 0.25) is 0 Å². The predicted octanol–water partition coefficient (Wildman–Crippen LogP) is 8.32. The number of unbranched alkanes of at least 4 members (excludes halogenated alkanes) is 4. The number of rotatable bonds is 15. The molecule has 0 fully saturated rings. The number of alkyl halides is 2. The van der Waals surface area contributed by atoms with E-state index in [1.165, 1.54) is 6.92 Å². The number of esters is 1. The number of hydrogen-bond donors (Lipinski definition) is 0. The zero-order valence-electron chi connectivity index (χ0n) is 22.6. The normalized spacial score (nSPS) is 13.5. The van der Waals surface area contributed by atoms with Crippen LogP contribution >= 0.6 is 0 Å². The molecule has 3 rings (SSSR count). The molecule has 2 atom stereocenters. The number of hydrogen-bond acceptors (Lipinski definition) is 5. The number of ether oxygens (including phenoxy) is 2. The molecule has 1 heterocycles. The van der Waals surface area contributed by atoms with E-state index in [4.69, 9.17) is 9.47 Å². The first-order chi connectivity index (χ1) is 18.3. The van der Waals surface area contributed by atoms with E-state index in [1.54, 1.807) is 43.6 Å². The van der Waals surface area contributed by atoms with Crippen LogP contribution in [-0.2, 0) is 4.79 Å². The molecule has 5 nitrogen and oxygen atoms in total. The summed E-state index contributed by atoms with van der Waals surface area (Å²) in [6, 6.07) is 14.5. The van der Waals surface area contributed by atoms with Crippen molar-refractivity contribution in [2.24, 2.45) is 0 Å². The average Bonchev–Trinajstić information content (AvgIpc) is 2.92. The van der Waals surface area contributed by atoms with Crippen molar-refractivity contribution in [3.63, 3.8) is 0 Å². The molecule has 0 aliphatic carbocycles. The SMILES string of the molecule is CCCC[C@](C)(F)C(=O)Oc1ccc(-c2cnc(-c3ccc(OCCCCCC[C@H](C)F)cc3)nc2)cc1. The standard InChI is InChI=1S/C31H38F2N2O3/c1-4-5-19-31(3,33)30(36)38-28-17-11-24(12-18-28)26-21-34-29(35-22-26)25-13-15-27(16-14-25)37-20-9-7-6-8-10-23(2)32/h11-18,21-23H,4-10,19-20H2,1-3H3/t23-,31-/m0/s1. The number of carbonyl (C=O) groups excluding carboxylic acids is 1. The summed E-state index contributed by atoms with van der Waals surface area (Å²) in [4.78, 5) is 21.2. The van der Waals surface area contributed by atoms with E-state index in [0.29, 0.717) is 31.0 Å². The lowest BCUT2D eigenvalue weighted by Gasteiger charge is -2.18. The summed E-state index contributed by atoms with van der Waals surface area (Å²) >= 11 is 0. The minimum atomic E-state index is -2.00. The molecule has 0 aliphatic heterocycles. The van der Waals surface area contributed by atoms with Crippen LogP contribution in [0.25, 0.3) is 22.5 Å². The second-order valence-corrected chi connectivity index (χ2v) is 9.87. The highest BCUT2D eigenvalue weighted by Crippen LogP contribution is 2.26. The molecular formula is C31H38F2N2O3. The molecular weight excluding hydrogens is 486 g/mol. The van der Waals surface area contributed by atoms with Gasteiger partial charge in [0.2, 0.25) is 5.67 Å². The highest BCUT2D eigenvalue weighted by atomic mass is 19.1. The Bertz CT molecular complexity index is 1120. The second kappa shape index (κ2) is 14.6. The molecule has 38 heavy (non-hydrogen) atoms. The third-order valence-electron chi connectivity index (χ3n) is 6.35. The average molecular weight is 525 g/mol. The van der Waals surface area contributed by atoms with E-state index in [9.17, 15) is 13.6 Å². The van der Waals surface area contributed by atoms with Crippen LogP contribution in [0.4, 0.5) is 8.78 Å². The van der Waals surface area contributed by atoms with E-state index in [-0.39, 0.29) is 6.42 Å². The monoisotopic (exact) mass is 524 g/mol. The molecule has 0 saturated carbocycles. The van der Waals surface area contributed by atoms with Crippen LogP contribution < -0.4 is 9.47 Å². The summed E-state index contributed by atoms with van der Waals surface area (Å²) in [6.45, 7) is 5.46. The fraction of sp³-hybridized carbons (Fsp3) is 0.452. The second-order valence-electron chi connectivity index (χ2n) is 9.87. The van der Waals surface area contributed by atoms with Crippen molar-refractivity contribution in [2.75, 3.05) is 6.61 Å². The maximum Gasteiger partial charge on any atom is 0.348 e. The Balaban J connectivity index is 1.49. The van der Waals surface area contributed by atoms with E-state index in [0.717, 1.165) is 54.5 Å². The zero-order valence-corrected chi connectivity index (χ0v) is 22.6. The summed E-state index contributed by atoms with van der Waals surface area (Å²) < 4.78 is 38.4. The smallest absolute Gasteiger partial charge is 0.348 e. The van der Waals surface area contributed by atoms with Gasteiger partial charge in [-0.25, -0.2) is 23.5 Å². The topological polar surface area (TPSA) is 61.3 Å². The Kier molecular flexibility index (Phi) is 11.2. The molecule has 1 aromatic heterocycles. The minimum Gasteiger partial charge on any atom is -0.494 e. The fourth-order valence-corrected chi connectivity index (χ4v) is 3.94. The summed E-state index contributed by atoms with van der Waals surface area (Å²) in [5.41, 5.74) is 0.543. The summed E-state index contributed by atoms with van der Waals surface area (Å²) in [6.07, 6.45) is 8.90. The number of halogens is 2. The quantitative estimate of drug-likeness (QED) is 0.114. The van der Waals surface area contributed by atoms with Crippen molar-refractivity contribution in [1.29, 1.82) is 0 Å².